The maximum absolute atomic E-state index is 12.9. The Balaban J connectivity index is 1.53. The third-order valence-electron chi connectivity index (χ3n) is 6.99. The smallest absolute Gasteiger partial charge is 0.254 e. The molecule has 28 heavy (non-hydrogen) atoms. The van der Waals surface area contributed by atoms with E-state index in [0.29, 0.717) is 6.04 Å². The van der Waals surface area contributed by atoms with E-state index in [0.717, 1.165) is 40.0 Å². The van der Waals surface area contributed by atoms with Crippen molar-refractivity contribution in [1.82, 2.24) is 9.58 Å². The highest BCUT2D eigenvalue weighted by atomic mass is 16.2. The summed E-state index contributed by atoms with van der Waals surface area (Å²) in [6.45, 7) is 6.47. The Hall–Kier alpha value is -2.69. The molecule has 5 rings (SSSR count). The quantitative estimate of drug-likeness (QED) is 0.460. The number of nitrogens with zero attached hydrogens (tertiary/aromatic N) is 3. The van der Waals surface area contributed by atoms with Crippen molar-refractivity contribution < 1.29 is 9.59 Å². The van der Waals surface area contributed by atoms with E-state index in [1.165, 1.54) is 0 Å². The van der Waals surface area contributed by atoms with Crippen LogP contribution in [-0.4, -0.2) is 27.6 Å². The molecule has 1 aromatic heterocycles. The van der Waals surface area contributed by atoms with Gasteiger partial charge in [-0.25, -0.2) is 0 Å². The summed E-state index contributed by atoms with van der Waals surface area (Å²) in [5, 5.41) is 6.65. The first-order valence-corrected chi connectivity index (χ1v) is 10.2. The minimum Gasteiger partial charge on any atom is -0.341 e. The lowest BCUT2D eigenvalue weighted by Gasteiger charge is -2.15. The van der Waals surface area contributed by atoms with Crippen molar-refractivity contribution in [2.45, 2.75) is 39.7 Å². The molecular weight excluding hydrogens is 350 g/mol. The second-order valence-electron chi connectivity index (χ2n) is 8.38. The lowest BCUT2D eigenvalue weighted by molar-refractivity contribution is -0.140. The molecule has 5 atom stereocenters. The maximum atomic E-state index is 12.9. The number of allylic oxidation sites excluding steroid dienone is 2. The van der Waals surface area contributed by atoms with Crippen LogP contribution in [0, 0.1) is 30.6 Å². The van der Waals surface area contributed by atoms with Crippen LogP contribution in [-0.2, 0) is 9.59 Å². The van der Waals surface area contributed by atoms with Crippen LogP contribution >= 0.6 is 0 Å². The molecule has 0 N–H and O–H groups in total. The highest BCUT2D eigenvalue weighted by Crippen LogP contribution is 2.52. The van der Waals surface area contributed by atoms with Gasteiger partial charge in [-0.15, -0.1) is 0 Å². The molecule has 2 aliphatic carbocycles. The van der Waals surface area contributed by atoms with E-state index in [4.69, 9.17) is 0 Å². The Kier molecular flexibility index (Phi) is 3.83. The highest BCUT2D eigenvalue weighted by molar-refractivity contribution is 6.08. The number of benzene rings is 1. The van der Waals surface area contributed by atoms with Crippen molar-refractivity contribution >= 4 is 28.9 Å². The van der Waals surface area contributed by atoms with Crippen LogP contribution in [0.3, 0.4) is 0 Å². The molecular formula is C23H25N3O2. The average Bonchev–Trinajstić information content (AvgIpc) is 3.43. The van der Waals surface area contributed by atoms with Gasteiger partial charge in [0.25, 0.3) is 11.8 Å². The number of para-hydroxylation sites is 1. The average molecular weight is 375 g/mol. The van der Waals surface area contributed by atoms with E-state index < -0.39 is 0 Å². The number of imide groups is 1. The van der Waals surface area contributed by atoms with Crippen molar-refractivity contribution in [3.8, 4) is 0 Å². The number of hydrogen-bond acceptors (Lipinski definition) is 3. The first-order valence-electron chi connectivity index (χ1n) is 10.2. The van der Waals surface area contributed by atoms with Gasteiger partial charge in [-0.05, 0) is 44.6 Å². The van der Waals surface area contributed by atoms with Crippen LogP contribution in [0.4, 0.5) is 0 Å². The van der Waals surface area contributed by atoms with Gasteiger partial charge in [0.15, 0.2) is 0 Å². The predicted molar refractivity (Wildman–Crippen MR) is 109 cm³/mol. The standard InChI is InChI=1S/C23H25N3O2/c1-4-13(2)25-14(3)18(17-7-5-6-8-19(17)25)12-24-26-22(27)20-15-9-10-16(11-15)21(20)23(26)28/h5-10,12-13,15-16,20-21H,4,11H2,1-3H3. The zero-order valence-corrected chi connectivity index (χ0v) is 16.5. The van der Waals surface area contributed by atoms with Crippen LogP contribution in [0.15, 0.2) is 41.5 Å². The fraction of sp³-hybridized carbons (Fsp3) is 0.435. The molecule has 1 saturated carbocycles. The van der Waals surface area contributed by atoms with Gasteiger partial charge < -0.3 is 4.57 Å². The number of carbonyl (C=O) groups excluding carboxylic acids is 2. The molecule has 5 nitrogen and oxygen atoms in total. The fourth-order valence-corrected chi connectivity index (χ4v) is 5.45. The molecule has 2 fully saturated rings. The molecule has 2 bridgehead atoms. The lowest BCUT2D eigenvalue weighted by Crippen LogP contribution is -2.28. The van der Waals surface area contributed by atoms with E-state index in [9.17, 15) is 9.59 Å². The van der Waals surface area contributed by atoms with E-state index in [1.54, 1.807) is 6.21 Å². The third-order valence-corrected chi connectivity index (χ3v) is 6.99. The van der Waals surface area contributed by atoms with Gasteiger partial charge in [0.05, 0.1) is 18.1 Å². The zero-order valence-electron chi connectivity index (χ0n) is 16.5. The molecule has 2 aromatic rings. The molecule has 1 aromatic carbocycles. The number of hydrogen-bond donors (Lipinski definition) is 0. The van der Waals surface area contributed by atoms with Gasteiger partial charge in [0.2, 0.25) is 0 Å². The number of amides is 2. The number of carbonyl (C=O) groups is 2. The van der Waals surface area contributed by atoms with E-state index in [-0.39, 0.29) is 35.5 Å². The summed E-state index contributed by atoms with van der Waals surface area (Å²) in [7, 11) is 0. The molecule has 0 radical (unpaired) electrons. The number of aromatic nitrogens is 1. The molecule has 2 amide bonds. The van der Waals surface area contributed by atoms with Crippen molar-refractivity contribution in [1.29, 1.82) is 0 Å². The molecule has 5 heteroatoms. The van der Waals surface area contributed by atoms with Gasteiger partial charge in [-0.3, -0.25) is 9.59 Å². The minimum absolute atomic E-state index is 0.133. The van der Waals surface area contributed by atoms with Crippen molar-refractivity contribution in [2.24, 2.45) is 28.8 Å². The normalized spacial score (nSPS) is 29.6. The molecule has 1 aliphatic heterocycles. The second-order valence-corrected chi connectivity index (χ2v) is 8.38. The maximum Gasteiger partial charge on any atom is 0.254 e. The molecule has 2 heterocycles. The summed E-state index contributed by atoms with van der Waals surface area (Å²) in [5.41, 5.74) is 3.25. The SMILES string of the molecule is CCC(C)n1c(C)c(C=NN2C(=O)C3C4C=CC(C4)C3C2=O)c2ccccc21. The van der Waals surface area contributed by atoms with E-state index >= 15 is 0 Å². The van der Waals surface area contributed by atoms with Gasteiger partial charge >= 0.3 is 0 Å². The van der Waals surface area contributed by atoms with Crippen LogP contribution in [0.1, 0.15) is 44.0 Å². The molecule has 3 aliphatic rings. The summed E-state index contributed by atoms with van der Waals surface area (Å²) in [6, 6.07) is 8.61. The monoisotopic (exact) mass is 375 g/mol. The highest BCUT2D eigenvalue weighted by Gasteiger charge is 2.59. The molecule has 5 unspecified atom stereocenters. The molecule has 1 saturated heterocycles. The number of fused-ring (bicyclic) bond motifs is 6. The first kappa shape index (κ1) is 17.4. The summed E-state index contributed by atoms with van der Waals surface area (Å²) in [6.07, 6.45) is 7.88. The number of hydrazone groups is 1. The van der Waals surface area contributed by atoms with Crippen molar-refractivity contribution in [3.05, 3.63) is 47.7 Å². The summed E-state index contributed by atoms with van der Waals surface area (Å²) >= 11 is 0. The Morgan fingerprint density at radius 3 is 2.43 bits per heavy atom. The Labute approximate surface area is 164 Å². The largest absolute Gasteiger partial charge is 0.341 e. The fourth-order valence-electron chi connectivity index (χ4n) is 5.45. The van der Waals surface area contributed by atoms with Crippen LogP contribution in [0.2, 0.25) is 0 Å². The minimum atomic E-state index is -0.206. The Morgan fingerprint density at radius 1 is 1.14 bits per heavy atom. The van der Waals surface area contributed by atoms with Crippen molar-refractivity contribution in [2.75, 3.05) is 0 Å². The van der Waals surface area contributed by atoms with E-state index in [2.05, 4.69) is 54.7 Å². The topological polar surface area (TPSA) is 54.7 Å². The van der Waals surface area contributed by atoms with E-state index in [1.807, 2.05) is 12.1 Å². The van der Waals surface area contributed by atoms with Gasteiger partial charge in [-0.1, -0.05) is 37.3 Å². The first-order chi connectivity index (χ1) is 13.5. The Morgan fingerprint density at radius 2 is 1.79 bits per heavy atom. The predicted octanol–water partition coefficient (Wildman–Crippen LogP) is 4.06. The summed E-state index contributed by atoms with van der Waals surface area (Å²) < 4.78 is 2.32. The van der Waals surface area contributed by atoms with Crippen LogP contribution in [0.25, 0.3) is 10.9 Å². The Bertz CT molecular complexity index is 1020. The summed E-state index contributed by atoms with van der Waals surface area (Å²) in [4.78, 5) is 25.7. The van der Waals surface area contributed by atoms with Crippen LogP contribution < -0.4 is 0 Å². The third kappa shape index (κ3) is 2.22. The summed E-state index contributed by atoms with van der Waals surface area (Å²) in [5.74, 6) is -0.261. The van der Waals surface area contributed by atoms with Gasteiger partial charge in [0, 0.05) is 28.2 Å². The molecule has 0 spiro atoms. The van der Waals surface area contributed by atoms with Crippen molar-refractivity contribution in [3.63, 3.8) is 0 Å². The van der Waals surface area contributed by atoms with Gasteiger partial charge in [0.1, 0.15) is 0 Å². The second kappa shape index (κ2) is 6.16. The lowest BCUT2D eigenvalue weighted by atomic mass is 9.85. The number of rotatable bonds is 4. The van der Waals surface area contributed by atoms with Gasteiger partial charge in [-0.2, -0.15) is 10.1 Å². The van der Waals surface area contributed by atoms with Crippen LogP contribution in [0.5, 0.6) is 0 Å². The zero-order chi connectivity index (χ0) is 19.6. The molecule has 144 valence electrons.